The first-order valence-electron chi connectivity index (χ1n) is 5.89. The molecule has 1 aromatic carbocycles. The van der Waals surface area contributed by atoms with Gasteiger partial charge in [-0.15, -0.1) is 0 Å². The zero-order valence-electron chi connectivity index (χ0n) is 10.5. The molecule has 3 N–H and O–H groups in total. The SMILES string of the molecule is COC(CN)CC(=O)NCCc1ccc(Br)cc1. The highest BCUT2D eigenvalue weighted by Crippen LogP contribution is 2.10. The summed E-state index contributed by atoms with van der Waals surface area (Å²) in [5.74, 6) is -0.0237. The molecule has 1 unspecified atom stereocenters. The second kappa shape index (κ2) is 8.24. The molecule has 0 heterocycles. The van der Waals surface area contributed by atoms with E-state index in [9.17, 15) is 4.79 Å². The maximum atomic E-state index is 11.6. The van der Waals surface area contributed by atoms with Gasteiger partial charge in [0, 0.05) is 24.7 Å². The van der Waals surface area contributed by atoms with E-state index in [2.05, 4.69) is 21.2 Å². The van der Waals surface area contributed by atoms with Gasteiger partial charge in [-0.05, 0) is 24.1 Å². The van der Waals surface area contributed by atoms with Gasteiger partial charge < -0.3 is 15.8 Å². The Hall–Kier alpha value is -0.910. The average molecular weight is 315 g/mol. The summed E-state index contributed by atoms with van der Waals surface area (Å²) in [6, 6.07) is 8.06. The quantitative estimate of drug-likeness (QED) is 0.801. The van der Waals surface area contributed by atoms with Gasteiger partial charge in [0.2, 0.25) is 5.91 Å². The molecular weight excluding hydrogens is 296 g/mol. The van der Waals surface area contributed by atoms with Crippen LogP contribution in [0, 0.1) is 0 Å². The zero-order valence-corrected chi connectivity index (χ0v) is 12.1. The normalized spacial score (nSPS) is 12.2. The van der Waals surface area contributed by atoms with Crippen LogP contribution in [0.5, 0.6) is 0 Å². The predicted molar refractivity (Wildman–Crippen MR) is 75.3 cm³/mol. The molecule has 5 heteroatoms. The summed E-state index contributed by atoms with van der Waals surface area (Å²) < 4.78 is 6.11. The standard InChI is InChI=1S/C13H19BrN2O2/c1-18-12(9-15)8-13(17)16-7-6-10-2-4-11(14)5-3-10/h2-5,12H,6-9,15H2,1H3,(H,16,17). The molecule has 1 rings (SSSR count). The molecule has 0 radical (unpaired) electrons. The van der Waals surface area contributed by atoms with E-state index < -0.39 is 0 Å². The van der Waals surface area contributed by atoms with Crippen molar-refractivity contribution < 1.29 is 9.53 Å². The number of carbonyl (C=O) groups excluding carboxylic acids is 1. The molecule has 0 aromatic heterocycles. The van der Waals surface area contributed by atoms with Crippen molar-refractivity contribution in [2.75, 3.05) is 20.2 Å². The number of carbonyl (C=O) groups is 1. The molecule has 4 nitrogen and oxygen atoms in total. The summed E-state index contributed by atoms with van der Waals surface area (Å²) in [6.45, 7) is 0.984. The molecule has 0 saturated carbocycles. The van der Waals surface area contributed by atoms with Crippen molar-refractivity contribution in [3.05, 3.63) is 34.3 Å². The lowest BCUT2D eigenvalue weighted by Gasteiger charge is -2.12. The molecule has 0 aliphatic heterocycles. The first kappa shape index (κ1) is 15.1. The van der Waals surface area contributed by atoms with E-state index in [1.165, 1.54) is 5.56 Å². The van der Waals surface area contributed by atoms with Crippen LogP contribution < -0.4 is 11.1 Å². The number of halogens is 1. The lowest BCUT2D eigenvalue weighted by molar-refractivity contribution is -0.123. The second-order valence-electron chi connectivity index (χ2n) is 4.02. The first-order valence-corrected chi connectivity index (χ1v) is 6.69. The van der Waals surface area contributed by atoms with Gasteiger partial charge in [-0.1, -0.05) is 28.1 Å². The highest BCUT2D eigenvalue weighted by Gasteiger charge is 2.10. The zero-order chi connectivity index (χ0) is 13.4. The Bertz CT molecular complexity index is 364. The van der Waals surface area contributed by atoms with Crippen LogP contribution in [0.4, 0.5) is 0 Å². The lowest BCUT2D eigenvalue weighted by Crippen LogP contribution is -2.33. The predicted octanol–water partition coefficient (Wildman–Crippen LogP) is 1.47. The number of rotatable bonds is 7. The van der Waals surface area contributed by atoms with E-state index in [-0.39, 0.29) is 12.0 Å². The summed E-state index contributed by atoms with van der Waals surface area (Å²) in [5.41, 5.74) is 6.65. The van der Waals surface area contributed by atoms with Gasteiger partial charge in [0.1, 0.15) is 0 Å². The van der Waals surface area contributed by atoms with E-state index in [0.717, 1.165) is 10.9 Å². The first-order chi connectivity index (χ1) is 8.65. The van der Waals surface area contributed by atoms with Crippen LogP contribution in [-0.4, -0.2) is 32.2 Å². The summed E-state index contributed by atoms with van der Waals surface area (Å²) in [6.07, 6.45) is 0.935. The summed E-state index contributed by atoms with van der Waals surface area (Å²) in [4.78, 5) is 11.6. The fraction of sp³-hybridized carbons (Fsp3) is 0.462. The summed E-state index contributed by atoms with van der Waals surface area (Å²) in [7, 11) is 1.56. The monoisotopic (exact) mass is 314 g/mol. The fourth-order valence-electron chi connectivity index (χ4n) is 1.54. The highest BCUT2D eigenvalue weighted by atomic mass is 79.9. The lowest BCUT2D eigenvalue weighted by atomic mass is 10.1. The number of hydrogen-bond acceptors (Lipinski definition) is 3. The summed E-state index contributed by atoms with van der Waals surface area (Å²) in [5, 5.41) is 2.86. The molecule has 0 bridgehead atoms. The van der Waals surface area contributed by atoms with Gasteiger partial charge in [0.05, 0.1) is 12.5 Å². The van der Waals surface area contributed by atoms with Gasteiger partial charge in [-0.3, -0.25) is 4.79 Å². The molecule has 1 aromatic rings. The third kappa shape index (κ3) is 5.62. The minimum atomic E-state index is -0.197. The fourth-order valence-corrected chi connectivity index (χ4v) is 1.80. The minimum Gasteiger partial charge on any atom is -0.380 e. The van der Waals surface area contributed by atoms with Gasteiger partial charge >= 0.3 is 0 Å². The van der Waals surface area contributed by atoms with Crippen molar-refractivity contribution in [1.82, 2.24) is 5.32 Å². The maximum absolute atomic E-state index is 11.6. The van der Waals surface area contributed by atoms with Crippen LogP contribution in [0.25, 0.3) is 0 Å². The number of benzene rings is 1. The van der Waals surface area contributed by atoms with Crippen LogP contribution in [0.2, 0.25) is 0 Å². The minimum absolute atomic E-state index is 0.0237. The topological polar surface area (TPSA) is 64.3 Å². The van der Waals surface area contributed by atoms with Gasteiger partial charge in [-0.25, -0.2) is 0 Å². The van der Waals surface area contributed by atoms with E-state index in [4.69, 9.17) is 10.5 Å². The molecule has 100 valence electrons. The van der Waals surface area contributed by atoms with E-state index in [1.807, 2.05) is 24.3 Å². The third-order valence-corrected chi connectivity index (χ3v) is 3.19. The van der Waals surface area contributed by atoms with Gasteiger partial charge in [0.15, 0.2) is 0 Å². The van der Waals surface area contributed by atoms with Gasteiger partial charge in [-0.2, -0.15) is 0 Å². The molecule has 0 aliphatic rings. The van der Waals surface area contributed by atoms with Crippen LogP contribution >= 0.6 is 15.9 Å². The third-order valence-electron chi connectivity index (χ3n) is 2.66. The Labute approximate surface area is 116 Å². The van der Waals surface area contributed by atoms with Crippen LogP contribution in [0.1, 0.15) is 12.0 Å². The number of amides is 1. The molecule has 0 aliphatic carbocycles. The van der Waals surface area contributed by atoms with Crippen molar-refractivity contribution in [3.63, 3.8) is 0 Å². The number of nitrogens with two attached hydrogens (primary N) is 1. The largest absolute Gasteiger partial charge is 0.380 e. The number of ether oxygens (including phenoxy) is 1. The van der Waals surface area contributed by atoms with Crippen molar-refractivity contribution in [3.8, 4) is 0 Å². The smallest absolute Gasteiger partial charge is 0.222 e. The Morgan fingerprint density at radius 3 is 2.67 bits per heavy atom. The second-order valence-corrected chi connectivity index (χ2v) is 4.94. The Balaban J connectivity index is 2.25. The Morgan fingerprint density at radius 2 is 2.11 bits per heavy atom. The number of nitrogens with one attached hydrogen (secondary N) is 1. The molecule has 1 amide bonds. The van der Waals surface area contributed by atoms with Crippen molar-refractivity contribution in [2.24, 2.45) is 5.73 Å². The van der Waals surface area contributed by atoms with E-state index in [0.29, 0.717) is 19.5 Å². The van der Waals surface area contributed by atoms with Crippen molar-refractivity contribution in [1.29, 1.82) is 0 Å². The van der Waals surface area contributed by atoms with E-state index >= 15 is 0 Å². The molecule has 0 fully saturated rings. The van der Waals surface area contributed by atoms with Crippen molar-refractivity contribution in [2.45, 2.75) is 18.9 Å². The average Bonchev–Trinajstić information content (AvgIpc) is 2.38. The molecule has 0 spiro atoms. The van der Waals surface area contributed by atoms with Gasteiger partial charge in [0.25, 0.3) is 0 Å². The molecule has 18 heavy (non-hydrogen) atoms. The molecule has 1 atom stereocenters. The molecule has 0 saturated heterocycles. The number of hydrogen-bond donors (Lipinski definition) is 2. The number of methoxy groups -OCH3 is 1. The van der Waals surface area contributed by atoms with E-state index in [1.54, 1.807) is 7.11 Å². The van der Waals surface area contributed by atoms with Crippen molar-refractivity contribution >= 4 is 21.8 Å². The van der Waals surface area contributed by atoms with Crippen LogP contribution in [0.3, 0.4) is 0 Å². The Morgan fingerprint density at radius 1 is 1.44 bits per heavy atom. The Kier molecular flexibility index (Phi) is 6.93. The molecular formula is C13H19BrN2O2. The van der Waals surface area contributed by atoms with Crippen LogP contribution in [-0.2, 0) is 16.0 Å². The van der Waals surface area contributed by atoms with Crippen LogP contribution in [0.15, 0.2) is 28.7 Å². The summed E-state index contributed by atoms with van der Waals surface area (Å²) >= 11 is 3.38. The highest BCUT2D eigenvalue weighted by molar-refractivity contribution is 9.10. The maximum Gasteiger partial charge on any atom is 0.222 e.